The molecule has 0 unspecified atom stereocenters. The zero-order valence-electron chi connectivity index (χ0n) is 10.3. The largest absolute Gasteiger partial charge is 0.481 e. The first-order valence-corrected chi connectivity index (χ1v) is 6.13. The van der Waals surface area contributed by atoms with Crippen molar-refractivity contribution in [3.8, 4) is 0 Å². The predicted octanol–water partition coefficient (Wildman–Crippen LogP) is 4.03. The molecule has 3 heteroatoms. The van der Waals surface area contributed by atoms with Crippen molar-refractivity contribution in [2.75, 3.05) is 0 Å². The fourth-order valence-electron chi connectivity index (χ4n) is 1.63. The Kier molecular flexibility index (Phi) is 6.15. The molecule has 1 N–H and O–H groups in total. The van der Waals surface area contributed by atoms with Gasteiger partial charge in [-0.2, -0.15) is 0 Å². The first-order valence-electron chi connectivity index (χ1n) is 6.13. The van der Waals surface area contributed by atoms with E-state index in [1.807, 2.05) is 25.1 Å². The molecule has 1 aromatic heterocycles. The fourth-order valence-corrected chi connectivity index (χ4v) is 1.63. The molecule has 94 valence electrons. The summed E-state index contributed by atoms with van der Waals surface area (Å²) in [4.78, 5) is 10.3. The van der Waals surface area contributed by atoms with Crippen LogP contribution in [0.2, 0.25) is 0 Å². The second-order valence-electron chi connectivity index (χ2n) is 4.20. The first-order chi connectivity index (χ1) is 8.18. The number of carboxylic acids is 1. The first kappa shape index (κ1) is 13.6. The van der Waals surface area contributed by atoms with Gasteiger partial charge in [0.1, 0.15) is 11.5 Å². The van der Waals surface area contributed by atoms with Gasteiger partial charge in [0.2, 0.25) is 0 Å². The summed E-state index contributed by atoms with van der Waals surface area (Å²) in [6.07, 6.45) is 9.40. The molecule has 17 heavy (non-hydrogen) atoms. The van der Waals surface area contributed by atoms with E-state index in [0.29, 0.717) is 6.42 Å². The maximum Gasteiger partial charge on any atom is 0.303 e. The maximum absolute atomic E-state index is 10.3. The van der Waals surface area contributed by atoms with Crippen LogP contribution in [0.5, 0.6) is 0 Å². The molecule has 0 spiro atoms. The van der Waals surface area contributed by atoms with E-state index < -0.39 is 5.97 Å². The highest BCUT2D eigenvalue weighted by molar-refractivity contribution is 5.66. The van der Waals surface area contributed by atoms with E-state index in [-0.39, 0.29) is 0 Å². The number of allylic oxidation sites excluding steroid dienone is 1. The lowest BCUT2D eigenvalue weighted by atomic mass is 10.1. The van der Waals surface area contributed by atoms with Crippen molar-refractivity contribution >= 4 is 12.0 Å². The van der Waals surface area contributed by atoms with E-state index in [0.717, 1.165) is 43.6 Å². The molecule has 0 saturated heterocycles. The number of carbonyl (C=O) groups is 1. The molecular weight excluding hydrogens is 216 g/mol. The van der Waals surface area contributed by atoms with E-state index in [9.17, 15) is 4.79 Å². The molecule has 0 aliphatic heterocycles. The molecule has 0 fully saturated rings. The van der Waals surface area contributed by atoms with Crippen molar-refractivity contribution in [3.63, 3.8) is 0 Å². The van der Waals surface area contributed by atoms with Gasteiger partial charge in [0.05, 0.1) is 0 Å². The van der Waals surface area contributed by atoms with Crippen LogP contribution >= 0.6 is 0 Å². The smallest absolute Gasteiger partial charge is 0.303 e. The summed E-state index contributed by atoms with van der Waals surface area (Å²) in [5, 5.41) is 8.46. The zero-order valence-corrected chi connectivity index (χ0v) is 10.3. The van der Waals surface area contributed by atoms with E-state index in [1.54, 1.807) is 0 Å². The van der Waals surface area contributed by atoms with Crippen LogP contribution in [0.4, 0.5) is 0 Å². The van der Waals surface area contributed by atoms with Crippen LogP contribution in [0.1, 0.15) is 50.0 Å². The summed E-state index contributed by atoms with van der Waals surface area (Å²) in [5.74, 6) is 1.13. The minimum atomic E-state index is -0.696. The lowest BCUT2D eigenvalue weighted by Gasteiger charge is -1.96. The normalized spacial score (nSPS) is 11.1. The monoisotopic (exact) mass is 236 g/mol. The summed E-state index contributed by atoms with van der Waals surface area (Å²) in [5.41, 5.74) is 0. The second-order valence-corrected chi connectivity index (χ2v) is 4.20. The second kappa shape index (κ2) is 7.71. The molecule has 0 atom stereocenters. The molecule has 0 aliphatic rings. The standard InChI is InChI=1S/C14H20O3/c1-12-10-11-13(17-12)8-6-4-2-3-5-7-9-14(15)16/h6,8,10-11H,2-5,7,9H2,1H3,(H,15,16)/b8-6+. The number of aryl methyl sites for hydroxylation is 1. The van der Waals surface area contributed by atoms with E-state index in [2.05, 4.69) is 6.08 Å². The van der Waals surface area contributed by atoms with Crippen LogP contribution in [0.15, 0.2) is 22.6 Å². The number of furan rings is 1. The third-order valence-electron chi connectivity index (χ3n) is 2.55. The number of unbranched alkanes of at least 4 members (excludes halogenated alkanes) is 4. The number of aliphatic carboxylic acids is 1. The molecule has 0 saturated carbocycles. The van der Waals surface area contributed by atoms with Gasteiger partial charge in [-0.05, 0) is 44.4 Å². The Morgan fingerprint density at radius 2 is 2.06 bits per heavy atom. The highest BCUT2D eigenvalue weighted by Crippen LogP contribution is 2.10. The quantitative estimate of drug-likeness (QED) is 0.693. The van der Waals surface area contributed by atoms with Gasteiger partial charge in [-0.15, -0.1) is 0 Å². The summed E-state index contributed by atoms with van der Waals surface area (Å²) < 4.78 is 5.40. The topological polar surface area (TPSA) is 50.4 Å². The Morgan fingerprint density at radius 1 is 1.29 bits per heavy atom. The van der Waals surface area contributed by atoms with Crippen molar-refractivity contribution in [1.82, 2.24) is 0 Å². The summed E-state index contributed by atoms with van der Waals surface area (Å²) in [6, 6.07) is 3.91. The van der Waals surface area contributed by atoms with E-state index >= 15 is 0 Å². The third-order valence-corrected chi connectivity index (χ3v) is 2.55. The molecule has 0 aliphatic carbocycles. The molecule has 0 amide bonds. The maximum atomic E-state index is 10.3. The zero-order chi connectivity index (χ0) is 12.5. The van der Waals surface area contributed by atoms with Crippen LogP contribution < -0.4 is 0 Å². The molecule has 1 heterocycles. The van der Waals surface area contributed by atoms with Gasteiger partial charge in [0.25, 0.3) is 0 Å². The minimum absolute atomic E-state index is 0.293. The van der Waals surface area contributed by atoms with Crippen LogP contribution in [0.25, 0.3) is 6.08 Å². The number of rotatable bonds is 8. The van der Waals surface area contributed by atoms with Crippen molar-refractivity contribution < 1.29 is 14.3 Å². The third kappa shape index (κ3) is 6.61. The fraction of sp³-hybridized carbons (Fsp3) is 0.500. The lowest BCUT2D eigenvalue weighted by Crippen LogP contribution is -1.93. The molecule has 0 radical (unpaired) electrons. The Hall–Kier alpha value is -1.51. The Labute approximate surface area is 102 Å². The van der Waals surface area contributed by atoms with Crippen molar-refractivity contribution in [1.29, 1.82) is 0 Å². The molecule has 0 bridgehead atoms. The van der Waals surface area contributed by atoms with Crippen LogP contribution in [0, 0.1) is 6.92 Å². The van der Waals surface area contributed by atoms with Gasteiger partial charge in [0.15, 0.2) is 0 Å². The average molecular weight is 236 g/mol. The van der Waals surface area contributed by atoms with Crippen LogP contribution in [-0.2, 0) is 4.79 Å². The Bertz CT molecular complexity index is 363. The van der Waals surface area contributed by atoms with Crippen LogP contribution in [-0.4, -0.2) is 11.1 Å². The van der Waals surface area contributed by atoms with E-state index in [4.69, 9.17) is 9.52 Å². The number of carboxylic acid groups (broad SMARTS) is 1. The van der Waals surface area contributed by atoms with E-state index in [1.165, 1.54) is 0 Å². The predicted molar refractivity (Wildman–Crippen MR) is 67.8 cm³/mol. The Balaban J connectivity index is 2.00. The molecule has 3 nitrogen and oxygen atoms in total. The lowest BCUT2D eigenvalue weighted by molar-refractivity contribution is -0.137. The molecular formula is C14H20O3. The van der Waals surface area contributed by atoms with Crippen molar-refractivity contribution in [2.45, 2.75) is 45.4 Å². The van der Waals surface area contributed by atoms with Gasteiger partial charge in [0, 0.05) is 6.42 Å². The summed E-state index contributed by atoms with van der Waals surface area (Å²) >= 11 is 0. The van der Waals surface area contributed by atoms with Gasteiger partial charge >= 0.3 is 5.97 Å². The van der Waals surface area contributed by atoms with Crippen molar-refractivity contribution in [2.24, 2.45) is 0 Å². The highest BCUT2D eigenvalue weighted by atomic mass is 16.4. The SMILES string of the molecule is Cc1ccc(/C=C/CCCCCCC(=O)O)o1. The molecule has 1 rings (SSSR count). The van der Waals surface area contributed by atoms with Gasteiger partial charge in [-0.3, -0.25) is 4.79 Å². The Morgan fingerprint density at radius 3 is 2.71 bits per heavy atom. The summed E-state index contributed by atoms with van der Waals surface area (Å²) in [6.45, 7) is 1.93. The van der Waals surface area contributed by atoms with Gasteiger partial charge < -0.3 is 9.52 Å². The molecule has 0 aromatic carbocycles. The average Bonchev–Trinajstić information content (AvgIpc) is 2.68. The van der Waals surface area contributed by atoms with Crippen molar-refractivity contribution in [3.05, 3.63) is 29.7 Å². The summed E-state index contributed by atoms with van der Waals surface area (Å²) in [7, 11) is 0. The molecule has 1 aromatic rings. The highest BCUT2D eigenvalue weighted by Gasteiger charge is 1.96. The van der Waals surface area contributed by atoms with Gasteiger partial charge in [-0.25, -0.2) is 0 Å². The van der Waals surface area contributed by atoms with Crippen LogP contribution in [0.3, 0.4) is 0 Å². The number of hydrogen-bond acceptors (Lipinski definition) is 2. The minimum Gasteiger partial charge on any atom is -0.481 e. The van der Waals surface area contributed by atoms with Gasteiger partial charge in [-0.1, -0.05) is 18.9 Å². The number of hydrogen-bond donors (Lipinski definition) is 1.